The van der Waals surface area contributed by atoms with Gasteiger partial charge >= 0.3 is 0 Å². The SMILES string of the molecule is COCCCNc1cc(-c2ccccc2)nc(N2CCC3(CC2)OCCO3)n1. The van der Waals surface area contributed by atoms with Crippen LogP contribution in [0.15, 0.2) is 36.4 Å². The lowest BCUT2D eigenvalue weighted by atomic mass is 10.0. The van der Waals surface area contributed by atoms with Crippen molar-refractivity contribution in [2.24, 2.45) is 0 Å². The van der Waals surface area contributed by atoms with Crippen molar-refractivity contribution >= 4 is 11.8 Å². The van der Waals surface area contributed by atoms with Gasteiger partial charge in [0.1, 0.15) is 5.82 Å². The van der Waals surface area contributed by atoms with Gasteiger partial charge in [0.15, 0.2) is 5.79 Å². The Kier molecular flexibility index (Phi) is 6.04. The molecule has 2 aliphatic heterocycles. The molecule has 0 radical (unpaired) electrons. The largest absolute Gasteiger partial charge is 0.385 e. The second kappa shape index (κ2) is 8.86. The molecule has 7 heteroatoms. The molecule has 2 aliphatic rings. The van der Waals surface area contributed by atoms with Crippen LogP contribution in [0.5, 0.6) is 0 Å². The van der Waals surface area contributed by atoms with Gasteiger partial charge in [-0.1, -0.05) is 30.3 Å². The van der Waals surface area contributed by atoms with E-state index in [1.54, 1.807) is 7.11 Å². The number of benzene rings is 1. The van der Waals surface area contributed by atoms with E-state index >= 15 is 0 Å². The van der Waals surface area contributed by atoms with Gasteiger partial charge in [-0.15, -0.1) is 0 Å². The predicted molar refractivity (Wildman–Crippen MR) is 109 cm³/mol. The fourth-order valence-corrected chi connectivity index (χ4v) is 3.69. The maximum atomic E-state index is 5.84. The van der Waals surface area contributed by atoms with Gasteiger partial charge in [0.25, 0.3) is 0 Å². The van der Waals surface area contributed by atoms with Gasteiger partial charge < -0.3 is 24.4 Å². The van der Waals surface area contributed by atoms with Crippen molar-refractivity contribution in [2.75, 3.05) is 56.8 Å². The molecule has 3 heterocycles. The van der Waals surface area contributed by atoms with E-state index < -0.39 is 5.79 Å². The summed E-state index contributed by atoms with van der Waals surface area (Å²) in [4.78, 5) is 11.9. The molecule has 0 amide bonds. The first kappa shape index (κ1) is 19.1. The Balaban J connectivity index is 1.53. The molecular weight excluding hydrogens is 356 g/mol. The van der Waals surface area contributed by atoms with Crippen LogP contribution in [0, 0.1) is 0 Å². The summed E-state index contributed by atoms with van der Waals surface area (Å²) in [6.07, 6.45) is 2.60. The molecule has 0 aliphatic carbocycles. The molecule has 2 aromatic rings. The molecule has 7 nitrogen and oxygen atoms in total. The molecule has 0 unspecified atom stereocenters. The summed E-state index contributed by atoms with van der Waals surface area (Å²) in [6, 6.07) is 12.2. The first-order valence-corrected chi connectivity index (χ1v) is 9.98. The summed E-state index contributed by atoms with van der Waals surface area (Å²) in [5.74, 6) is 1.20. The Morgan fingerprint density at radius 2 is 1.86 bits per heavy atom. The molecule has 0 atom stereocenters. The lowest BCUT2D eigenvalue weighted by Gasteiger charge is -2.37. The predicted octanol–water partition coefficient (Wildman–Crippen LogP) is 2.94. The van der Waals surface area contributed by atoms with Gasteiger partial charge in [-0.2, -0.15) is 4.98 Å². The van der Waals surface area contributed by atoms with Crippen LogP contribution < -0.4 is 10.2 Å². The smallest absolute Gasteiger partial charge is 0.227 e. The van der Waals surface area contributed by atoms with E-state index in [0.717, 1.165) is 68.5 Å². The van der Waals surface area contributed by atoms with E-state index in [2.05, 4.69) is 22.3 Å². The zero-order chi connectivity index (χ0) is 19.2. The molecular formula is C21H28N4O3. The number of hydrogen-bond acceptors (Lipinski definition) is 7. The number of ether oxygens (including phenoxy) is 3. The molecule has 0 bridgehead atoms. The minimum absolute atomic E-state index is 0.394. The summed E-state index contributed by atoms with van der Waals surface area (Å²) < 4.78 is 16.8. The molecule has 2 saturated heterocycles. The van der Waals surface area contributed by atoms with E-state index in [4.69, 9.17) is 24.2 Å². The van der Waals surface area contributed by atoms with Crippen LogP contribution >= 0.6 is 0 Å². The quantitative estimate of drug-likeness (QED) is 0.736. The van der Waals surface area contributed by atoms with Gasteiger partial charge in [-0.05, 0) is 6.42 Å². The van der Waals surface area contributed by atoms with Crippen LogP contribution in [0.3, 0.4) is 0 Å². The summed E-state index contributed by atoms with van der Waals surface area (Å²) in [6.45, 7) is 4.56. The molecule has 4 rings (SSSR count). The van der Waals surface area contributed by atoms with Crippen molar-refractivity contribution in [3.05, 3.63) is 36.4 Å². The van der Waals surface area contributed by atoms with Crippen molar-refractivity contribution in [1.29, 1.82) is 0 Å². The van der Waals surface area contributed by atoms with Crippen molar-refractivity contribution < 1.29 is 14.2 Å². The molecule has 1 aromatic heterocycles. The second-order valence-corrected chi connectivity index (χ2v) is 7.17. The zero-order valence-corrected chi connectivity index (χ0v) is 16.4. The van der Waals surface area contributed by atoms with E-state index in [9.17, 15) is 0 Å². The monoisotopic (exact) mass is 384 g/mol. The third kappa shape index (κ3) is 4.43. The highest BCUT2D eigenvalue weighted by atomic mass is 16.7. The van der Waals surface area contributed by atoms with Crippen molar-refractivity contribution in [3.63, 3.8) is 0 Å². The maximum Gasteiger partial charge on any atom is 0.227 e. The number of nitrogens with one attached hydrogen (secondary N) is 1. The van der Waals surface area contributed by atoms with Gasteiger partial charge in [0.2, 0.25) is 5.95 Å². The number of hydrogen-bond donors (Lipinski definition) is 1. The molecule has 1 N–H and O–H groups in total. The first-order valence-electron chi connectivity index (χ1n) is 9.98. The summed E-state index contributed by atoms with van der Waals surface area (Å²) in [5.41, 5.74) is 2.01. The van der Waals surface area contributed by atoms with E-state index in [-0.39, 0.29) is 0 Å². The van der Waals surface area contributed by atoms with E-state index in [0.29, 0.717) is 13.2 Å². The van der Waals surface area contributed by atoms with Gasteiger partial charge in [-0.25, -0.2) is 4.98 Å². The second-order valence-electron chi connectivity index (χ2n) is 7.17. The zero-order valence-electron chi connectivity index (χ0n) is 16.4. The van der Waals surface area contributed by atoms with Crippen LogP contribution in [-0.4, -0.2) is 62.3 Å². The Morgan fingerprint density at radius 1 is 1.11 bits per heavy atom. The lowest BCUT2D eigenvalue weighted by Crippen LogP contribution is -2.45. The summed E-state index contributed by atoms with van der Waals surface area (Å²) in [5, 5.41) is 3.41. The number of methoxy groups -OCH3 is 1. The van der Waals surface area contributed by atoms with E-state index in [1.165, 1.54) is 0 Å². The van der Waals surface area contributed by atoms with Gasteiger partial charge in [0, 0.05) is 57.8 Å². The summed E-state index contributed by atoms with van der Waals surface area (Å²) >= 11 is 0. The van der Waals surface area contributed by atoms with Crippen molar-refractivity contribution in [1.82, 2.24) is 9.97 Å². The standard InChI is InChI=1S/C21H28N4O3/c1-26-13-5-10-22-19-16-18(17-6-3-2-4-7-17)23-20(24-19)25-11-8-21(9-12-25)27-14-15-28-21/h2-4,6-7,16H,5,8-15H2,1H3,(H,22,23,24). The van der Waals surface area contributed by atoms with Crippen LogP contribution in [0.2, 0.25) is 0 Å². The number of piperidine rings is 1. The fraction of sp³-hybridized carbons (Fsp3) is 0.524. The van der Waals surface area contributed by atoms with Crippen molar-refractivity contribution in [2.45, 2.75) is 25.0 Å². The molecule has 1 spiro atoms. The minimum atomic E-state index is -0.394. The number of anilines is 2. The van der Waals surface area contributed by atoms with Crippen LogP contribution in [-0.2, 0) is 14.2 Å². The summed E-state index contributed by atoms with van der Waals surface area (Å²) in [7, 11) is 1.72. The molecule has 28 heavy (non-hydrogen) atoms. The van der Waals surface area contributed by atoms with Crippen LogP contribution in [0.25, 0.3) is 11.3 Å². The minimum Gasteiger partial charge on any atom is -0.385 e. The topological polar surface area (TPSA) is 68.7 Å². The van der Waals surface area contributed by atoms with Crippen LogP contribution in [0.1, 0.15) is 19.3 Å². The highest BCUT2D eigenvalue weighted by molar-refractivity contribution is 5.64. The lowest BCUT2D eigenvalue weighted by molar-refractivity contribution is -0.169. The Morgan fingerprint density at radius 3 is 2.57 bits per heavy atom. The van der Waals surface area contributed by atoms with Gasteiger partial charge in [-0.3, -0.25) is 0 Å². The Hall–Kier alpha value is -2.22. The van der Waals surface area contributed by atoms with Crippen molar-refractivity contribution in [3.8, 4) is 11.3 Å². The average Bonchev–Trinajstić information content (AvgIpc) is 3.20. The Bertz CT molecular complexity index is 756. The highest BCUT2D eigenvalue weighted by Crippen LogP contribution is 2.33. The Labute approximate surface area is 166 Å². The molecule has 150 valence electrons. The number of rotatable bonds is 7. The first-order chi connectivity index (χ1) is 13.8. The number of nitrogens with zero attached hydrogens (tertiary/aromatic N) is 3. The number of aromatic nitrogens is 2. The average molecular weight is 384 g/mol. The third-order valence-corrected chi connectivity index (χ3v) is 5.24. The normalized spacial score (nSPS) is 18.5. The van der Waals surface area contributed by atoms with Gasteiger partial charge in [0.05, 0.1) is 18.9 Å². The maximum absolute atomic E-state index is 5.84. The molecule has 2 fully saturated rings. The molecule has 1 aromatic carbocycles. The molecule has 0 saturated carbocycles. The fourth-order valence-electron chi connectivity index (χ4n) is 3.69. The highest BCUT2D eigenvalue weighted by Gasteiger charge is 2.40. The van der Waals surface area contributed by atoms with E-state index in [1.807, 2.05) is 24.3 Å². The van der Waals surface area contributed by atoms with Crippen LogP contribution in [0.4, 0.5) is 11.8 Å². The third-order valence-electron chi connectivity index (χ3n) is 5.24.